The number of rotatable bonds is 1. The maximum Gasteiger partial charge on any atom is 0.0352 e. The smallest absolute Gasteiger partial charge is 0.0352 e. The van der Waals surface area contributed by atoms with E-state index in [0.717, 1.165) is 6.42 Å². The molecule has 2 aromatic carbocycles. The third-order valence-electron chi connectivity index (χ3n) is 2.78. The van der Waals surface area contributed by atoms with Gasteiger partial charge in [0.05, 0.1) is 0 Å². The molecule has 0 N–H and O–H groups in total. The van der Waals surface area contributed by atoms with Gasteiger partial charge in [-0.15, -0.1) is 11.3 Å². The van der Waals surface area contributed by atoms with Crippen molar-refractivity contribution in [2.24, 2.45) is 0 Å². The second-order valence-electron chi connectivity index (χ2n) is 3.80. The zero-order valence-electron chi connectivity index (χ0n) is 8.66. The molecule has 0 aliphatic rings. The summed E-state index contributed by atoms with van der Waals surface area (Å²) >= 11 is 1.91. The Kier molecular flexibility index (Phi) is 2.00. The summed E-state index contributed by atoms with van der Waals surface area (Å²) in [6, 6.07) is 15.5. The highest BCUT2D eigenvalue weighted by atomic mass is 32.1. The highest BCUT2D eigenvalue weighted by Crippen LogP contribution is 2.30. The number of fused-ring (bicyclic) bond motifs is 2. The van der Waals surface area contributed by atoms with Crippen LogP contribution in [0.5, 0.6) is 0 Å². The van der Waals surface area contributed by atoms with Crippen LogP contribution in [0.2, 0.25) is 0 Å². The van der Waals surface area contributed by atoms with Gasteiger partial charge in [-0.1, -0.05) is 31.2 Å². The van der Waals surface area contributed by atoms with Crippen molar-refractivity contribution in [2.75, 3.05) is 0 Å². The van der Waals surface area contributed by atoms with Crippen molar-refractivity contribution in [3.8, 4) is 0 Å². The lowest BCUT2D eigenvalue weighted by Gasteiger charge is -1.96. The van der Waals surface area contributed by atoms with Crippen LogP contribution in [0, 0.1) is 0 Å². The molecule has 0 nitrogen and oxygen atoms in total. The molecule has 0 spiro atoms. The molecule has 0 fully saturated rings. The van der Waals surface area contributed by atoms with Crippen LogP contribution in [-0.2, 0) is 6.42 Å². The Hall–Kier alpha value is -1.34. The van der Waals surface area contributed by atoms with Crippen molar-refractivity contribution in [1.82, 2.24) is 0 Å². The highest BCUT2D eigenvalue weighted by Gasteiger charge is 2.01. The molecule has 0 radical (unpaired) electrons. The summed E-state index contributed by atoms with van der Waals surface area (Å²) in [7, 11) is 0. The largest absolute Gasteiger partial charge is 0.140 e. The Morgan fingerprint density at radius 2 is 1.67 bits per heavy atom. The molecule has 1 aromatic heterocycles. The zero-order chi connectivity index (χ0) is 10.3. The third kappa shape index (κ3) is 1.44. The van der Waals surface area contributed by atoms with E-state index in [1.165, 1.54) is 25.7 Å². The average Bonchev–Trinajstić information content (AvgIpc) is 2.67. The van der Waals surface area contributed by atoms with Crippen LogP contribution >= 0.6 is 11.3 Å². The molecular weight excluding hydrogens is 200 g/mol. The van der Waals surface area contributed by atoms with Crippen molar-refractivity contribution in [1.29, 1.82) is 0 Å². The van der Waals surface area contributed by atoms with E-state index >= 15 is 0 Å². The molecule has 0 unspecified atom stereocenters. The van der Waals surface area contributed by atoms with Crippen molar-refractivity contribution in [3.05, 3.63) is 47.3 Å². The summed E-state index contributed by atoms with van der Waals surface area (Å²) in [6.45, 7) is 2.21. The number of benzene rings is 2. The first-order valence-electron chi connectivity index (χ1n) is 5.28. The summed E-state index contributed by atoms with van der Waals surface area (Å²) in [4.78, 5) is 1.47. The van der Waals surface area contributed by atoms with Crippen LogP contribution in [0.1, 0.15) is 11.8 Å². The number of hydrogen-bond donors (Lipinski definition) is 0. The standard InChI is InChI=1S/C14H12S/c1-2-13-8-12-7-10-5-3-4-6-11(10)9-14(12)15-13/h3-9H,2H2,1H3. The highest BCUT2D eigenvalue weighted by molar-refractivity contribution is 7.19. The van der Waals surface area contributed by atoms with E-state index in [0.29, 0.717) is 0 Å². The second-order valence-corrected chi connectivity index (χ2v) is 4.97. The first-order chi connectivity index (χ1) is 7.36. The fourth-order valence-electron chi connectivity index (χ4n) is 1.96. The Balaban J connectivity index is 2.39. The van der Waals surface area contributed by atoms with Gasteiger partial charge < -0.3 is 0 Å². The molecule has 0 aliphatic carbocycles. The predicted molar refractivity (Wildman–Crippen MR) is 68.7 cm³/mol. The van der Waals surface area contributed by atoms with E-state index in [1.807, 2.05) is 11.3 Å². The van der Waals surface area contributed by atoms with Gasteiger partial charge in [-0.25, -0.2) is 0 Å². The molecule has 0 saturated heterocycles. The van der Waals surface area contributed by atoms with Crippen LogP contribution in [0.3, 0.4) is 0 Å². The molecule has 3 rings (SSSR count). The first-order valence-corrected chi connectivity index (χ1v) is 6.09. The van der Waals surface area contributed by atoms with Gasteiger partial charge in [-0.05, 0) is 40.8 Å². The van der Waals surface area contributed by atoms with Crippen molar-refractivity contribution in [3.63, 3.8) is 0 Å². The van der Waals surface area contributed by atoms with Crippen molar-refractivity contribution < 1.29 is 0 Å². The van der Waals surface area contributed by atoms with Crippen LogP contribution < -0.4 is 0 Å². The van der Waals surface area contributed by atoms with Gasteiger partial charge in [0.1, 0.15) is 0 Å². The molecule has 3 aromatic rings. The molecular formula is C14H12S. The molecule has 15 heavy (non-hydrogen) atoms. The van der Waals surface area contributed by atoms with Gasteiger partial charge in [-0.3, -0.25) is 0 Å². The topological polar surface area (TPSA) is 0 Å². The van der Waals surface area contributed by atoms with Crippen LogP contribution in [0.25, 0.3) is 20.9 Å². The van der Waals surface area contributed by atoms with Gasteiger partial charge in [-0.2, -0.15) is 0 Å². The van der Waals surface area contributed by atoms with E-state index in [2.05, 4.69) is 49.4 Å². The monoisotopic (exact) mass is 212 g/mol. The fourth-order valence-corrected chi connectivity index (χ4v) is 2.99. The summed E-state index contributed by atoms with van der Waals surface area (Å²) in [5.74, 6) is 0. The van der Waals surface area contributed by atoms with Gasteiger partial charge in [0.25, 0.3) is 0 Å². The summed E-state index contributed by atoms with van der Waals surface area (Å²) in [5, 5.41) is 4.07. The molecule has 0 atom stereocenters. The van der Waals surface area contributed by atoms with E-state index < -0.39 is 0 Å². The number of aryl methyl sites for hydroxylation is 1. The van der Waals surface area contributed by atoms with E-state index in [1.54, 1.807) is 0 Å². The molecule has 1 heterocycles. The zero-order valence-corrected chi connectivity index (χ0v) is 9.47. The lowest BCUT2D eigenvalue weighted by molar-refractivity contribution is 1.19. The molecule has 0 amide bonds. The Morgan fingerprint density at radius 3 is 2.40 bits per heavy atom. The first kappa shape index (κ1) is 8.93. The molecule has 74 valence electrons. The number of thiophene rings is 1. The predicted octanol–water partition coefficient (Wildman–Crippen LogP) is 4.62. The van der Waals surface area contributed by atoms with Crippen molar-refractivity contribution >= 4 is 32.2 Å². The summed E-state index contributed by atoms with van der Waals surface area (Å²) in [5.41, 5.74) is 0. The minimum Gasteiger partial charge on any atom is -0.140 e. The maximum absolute atomic E-state index is 2.31. The van der Waals surface area contributed by atoms with Crippen molar-refractivity contribution in [2.45, 2.75) is 13.3 Å². The third-order valence-corrected chi connectivity index (χ3v) is 4.03. The van der Waals surface area contributed by atoms with E-state index in [4.69, 9.17) is 0 Å². The minimum atomic E-state index is 1.13. The second kappa shape index (κ2) is 3.35. The Bertz CT molecular complexity index is 567. The lowest BCUT2D eigenvalue weighted by Crippen LogP contribution is -1.70. The fraction of sp³-hybridized carbons (Fsp3) is 0.143. The normalized spacial score (nSPS) is 11.3. The quantitative estimate of drug-likeness (QED) is 0.552. The maximum atomic E-state index is 2.31. The Morgan fingerprint density at radius 1 is 0.933 bits per heavy atom. The van der Waals surface area contributed by atoms with Gasteiger partial charge >= 0.3 is 0 Å². The van der Waals surface area contributed by atoms with E-state index in [-0.39, 0.29) is 0 Å². The molecule has 1 heteroatoms. The average molecular weight is 212 g/mol. The lowest BCUT2D eigenvalue weighted by atomic mass is 10.1. The van der Waals surface area contributed by atoms with Gasteiger partial charge in [0, 0.05) is 9.58 Å². The molecule has 0 aliphatic heterocycles. The van der Waals surface area contributed by atoms with Gasteiger partial charge in [0.2, 0.25) is 0 Å². The minimum absolute atomic E-state index is 1.13. The number of hydrogen-bond acceptors (Lipinski definition) is 1. The van der Waals surface area contributed by atoms with Gasteiger partial charge in [0.15, 0.2) is 0 Å². The summed E-state index contributed by atoms with van der Waals surface area (Å²) < 4.78 is 1.41. The van der Waals surface area contributed by atoms with Crippen LogP contribution in [-0.4, -0.2) is 0 Å². The molecule has 0 saturated carbocycles. The van der Waals surface area contributed by atoms with E-state index in [9.17, 15) is 0 Å². The Labute approximate surface area is 93.2 Å². The van der Waals surface area contributed by atoms with Crippen LogP contribution in [0.15, 0.2) is 42.5 Å². The van der Waals surface area contributed by atoms with Crippen LogP contribution in [0.4, 0.5) is 0 Å². The summed E-state index contributed by atoms with van der Waals surface area (Å²) in [6.07, 6.45) is 1.13. The SMILES string of the molecule is CCc1cc2cc3ccccc3cc2s1. The molecule has 0 bridgehead atoms.